The molecule has 0 spiro atoms. The molecule has 0 atom stereocenters. The van der Waals surface area contributed by atoms with Crippen molar-refractivity contribution in [3.05, 3.63) is 144 Å². The third-order valence-corrected chi connectivity index (χ3v) is 7.47. The zero-order valence-corrected chi connectivity index (χ0v) is 18.9. The van der Waals surface area contributed by atoms with Gasteiger partial charge in [-0.3, -0.25) is 0 Å². The van der Waals surface area contributed by atoms with E-state index < -0.39 is 5.41 Å². The van der Waals surface area contributed by atoms with Gasteiger partial charge < -0.3 is 10.2 Å². The average molecular weight is 451 g/mol. The van der Waals surface area contributed by atoms with Crippen LogP contribution in [0.4, 0.5) is 0 Å². The Morgan fingerprint density at radius 3 is 1.29 bits per heavy atom. The highest BCUT2D eigenvalue weighted by Gasteiger charge is 2.46. The Morgan fingerprint density at radius 1 is 0.400 bits per heavy atom. The monoisotopic (exact) mass is 450 g/mol. The van der Waals surface area contributed by atoms with Crippen LogP contribution in [0.2, 0.25) is 0 Å². The standard InChI is InChI=1S/C33H22O2/c34-27-15-11-21-17-25(13-9-23(21)19-27)33(26-14-10-24-20-28(35)16-12-22(24)18-26)31-7-3-1-5-29(31)30-6-2-4-8-32(30)33/h1-20,34-35H. The van der Waals surface area contributed by atoms with E-state index in [2.05, 4.69) is 84.9 Å². The van der Waals surface area contributed by atoms with E-state index in [9.17, 15) is 10.2 Å². The molecular weight excluding hydrogens is 428 g/mol. The maximum atomic E-state index is 10.0. The molecule has 2 nitrogen and oxygen atoms in total. The highest BCUT2D eigenvalue weighted by atomic mass is 16.3. The van der Waals surface area contributed by atoms with E-state index in [0.29, 0.717) is 0 Å². The second-order valence-corrected chi connectivity index (χ2v) is 9.33. The quantitative estimate of drug-likeness (QED) is 0.282. The minimum atomic E-state index is -0.495. The molecule has 0 saturated heterocycles. The van der Waals surface area contributed by atoms with Gasteiger partial charge in [-0.1, -0.05) is 84.9 Å². The summed E-state index contributed by atoms with van der Waals surface area (Å²) >= 11 is 0. The molecule has 1 aliphatic rings. The zero-order chi connectivity index (χ0) is 23.6. The van der Waals surface area contributed by atoms with Crippen molar-refractivity contribution in [1.29, 1.82) is 0 Å². The molecule has 2 heteroatoms. The number of aromatic hydroxyl groups is 2. The molecule has 0 amide bonds. The van der Waals surface area contributed by atoms with Crippen LogP contribution in [0.5, 0.6) is 11.5 Å². The minimum absolute atomic E-state index is 0.273. The molecule has 0 fully saturated rings. The second-order valence-electron chi connectivity index (χ2n) is 9.33. The van der Waals surface area contributed by atoms with E-state index in [-0.39, 0.29) is 11.5 Å². The van der Waals surface area contributed by atoms with Gasteiger partial charge in [0.1, 0.15) is 11.5 Å². The number of hydrogen-bond acceptors (Lipinski definition) is 2. The van der Waals surface area contributed by atoms with Gasteiger partial charge in [0.2, 0.25) is 0 Å². The van der Waals surface area contributed by atoms with Crippen LogP contribution in [0.15, 0.2) is 121 Å². The van der Waals surface area contributed by atoms with Crippen molar-refractivity contribution in [2.75, 3.05) is 0 Å². The molecule has 0 radical (unpaired) electrons. The highest BCUT2D eigenvalue weighted by molar-refractivity contribution is 5.92. The molecule has 6 aromatic rings. The normalized spacial score (nSPS) is 13.6. The predicted octanol–water partition coefficient (Wildman–Crippen LogP) is 7.77. The number of benzene rings is 6. The van der Waals surface area contributed by atoms with Crippen molar-refractivity contribution < 1.29 is 10.2 Å². The Bertz CT molecular complexity index is 1650. The predicted molar refractivity (Wildman–Crippen MR) is 142 cm³/mol. The van der Waals surface area contributed by atoms with Crippen molar-refractivity contribution in [3.8, 4) is 22.6 Å². The molecular formula is C33H22O2. The molecule has 0 unspecified atom stereocenters. The van der Waals surface area contributed by atoms with E-state index in [1.165, 1.54) is 33.4 Å². The van der Waals surface area contributed by atoms with Crippen molar-refractivity contribution in [2.24, 2.45) is 0 Å². The van der Waals surface area contributed by atoms with Gasteiger partial charge in [0.25, 0.3) is 0 Å². The summed E-state index contributed by atoms with van der Waals surface area (Å²) in [5.74, 6) is 0.545. The van der Waals surface area contributed by atoms with E-state index in [0.717, 1.165) is 21.5 Å². The lowest BCUT2D eigenvalue weighted by molar-refractivity contribution is 0.475. The summed E-state index contributed by atoms with van der Waals surface area (Å²) in [6.45, 7) is 0. The smallest absolute Gasteiger partial charge is 0.116 e. The molecule has 0 bridgehead atoms. The van der Waals surface area contributed by atoms with Gasteiger partial charge in [-0.25, -0.2) is 0 Å². The summed E-state index contributed by atoms with van der Waals surface area (Å²) in [7, 11) is 0. The summed E-state index contributed by atoms with van der Waals surface area (Å²) in [6.07, 6.45) is 0. The summed E-state index contributed by atoms with van der Waals surface area (Å²) < 4.78 is 0. The second kappa shape index (κ2) is 7.22. The fourth-order valence-corrected chi connectivity index (χ4v) is 5.96. The first-order valence-electron chi connectivity index (χ1n) is 11.8. The van der Waals surface area contributed by atoms with Gasteiger partial charge in [0.15, 0.2) is 0 Å². The van der Waals surface area contributed by atoms with E-state index >= 15 is 0 Å². The fraction of sp³-hybridized carbons (Fsp3) is 0.0303. The van der Waals surface area contributed by atoms with E-state index in [4.69, 9.17) is 0 Å². The summed E-state index contributed by atoms with van der Waals surface area (Å²) in [5, 5.41) is 24.2. The van der Waals surface area contributed by atoms with Crippen LogP contribution < -0.4 is 0 Å². The molecule has 35 heavy (non-hydrogen) atoms. The molecule has 0 heterocycles. The number of hydrogen-bond donors (Lipinski definition) is 2. The van der Waals surface area contributed by atoms with E-state index in [1.807, 2.05) is 24.3 Å². The van der Waals surface area contributed by atoms with Crippen LogP contribution in [0.25, 0.3) is 32.7 Å². The van der Waals surface area contributed by atoms with Crippen molar-refractivity contribution in [1.82, 2.24) is 0 Å². The Labute approximate surface area is 203 Å². The van der Waals surface area contributed by atoms with Gasteiger partial charge in [-0.15, -0.1) is 0 Å². The molecule has 0 aromatic heterocycles. The van der Waals surface area contributed by atoms with Crippen LogP contribution >= 0.6 is 0 Å². The molecule has 1 aliphatic carbocycles. The SMILES string of the molecule is Oc1ccc2cc(C3(c4ccc5cc(O)ccc5c4)c4ccccc4-c4ccccc43)ccc2c1. The van der Waals surface area contributed by atoms with Crippen LogP contribution in [0, 0.1) is 0 Å². The number of phenolic OH excluding ortho intramolecular Hbond substituents is 2. The largest absolute Gasteiger partial charge is 0.508 e. The fourth-order valence-electron chi connectivity index (χ4n) is 5.96. The first-order chi connectivity index (χ1) is 17.1. The zero-order valence-electron chi connectivity index (χ0n) is 18.9. The summed E-state index contributed by atoms with van der Waals surface area (Å²) in [5.41, 5.74) is 6.90. The van der Waals surface area contributed by atoms with Gasteiger partial charge in [-0.2, -0.15) is 0 Å². The molecule has 166 valence electrons. The minimum Gasteiger partial charge on any atom is -0.508 e. The summed E-state index contributed by atoms with van der Waals surface area (Å²) in [4.78, 5) is 0. The van der Waals surface area contributed by atoms with Crippen LogP contribution in [-0.2, 0) is 5.41 Å². The Morgan fingerprint density at radius 2 is 0.800 bits per heavy atom. The lowest BCUT2D eigenvalue weighted by Crippen LogP contribution is -2.28. The molecule has 0 aliphatic heterocycles. The van der Waals surface area contributed by atoms with Crippen molar-refractivity contribution >= 4 is 21.5 Å². The number of rotatable bonds is 2. The third kappa shape index (κ3) is 2.77. The first-order valence-corrected chi connectivity index (χ1v) is 11.8. The number of fused-ring (bicyclic) bond motifs is 5. The van der Waals surface area contributed by atoms with Gasteiger partial charge in [0.05, 0.1) is 5.41 Å². The van der Waals surface area contributed by atoms with Crippen molar-refractivity contribution in [2.45, 2.75) is 5.41 Å². The van der Waals surface area contributed by atoms with Gasteiger partial charge in [0, 0.05) is 0 Å². The molecule has 0 saturated carbocycles. The number of phenols is 2. The van der Waals surface area contributed by atoms with Crippen molar-refractivity contribution in [3.63, 3.8) is 0 Å². The highest BCUT2D eigenvalue weighted by Crippen LogP contribution is 2.56. The van der Waals surface area contributed by atoms with Gasteiger partial charge in [-0.05, 0) is 91.3 Å². The lowest BCUT2D eigenvalue weighted by atomic mass is 9.67. The van der Waals surface area contributed by atoms with E-state index in [1.54, 1.807) is 12.1 Å². The molecule has 2 N–H and O–H groups in total. The lowest BCUT2D eigenvalue weighted by Gasteiger charge is -2.34. The third-order valence-electron chi connectivity index (χ3n) is 7.47. The Balaban J connectivity index is 1.62. The average Bonchev–Trinajstić information content (AvgIpc) is 3.19. The Kier molecular flexibility index (Phi) is 4.10. The molecule has 6 aromatic carbocycles. The maximum absolute atomic E-state index is 10.0. The van der Waals surface area contributed by atoms with Crippen LogP contribution in [0.3, 0.4) is 0 Å². The van der Waals surface area contributed by atoms with Crippen LogP contribution in [0.1, 0.15) is 22.3 Å². The Hall–Kier alpha value is -4.56. The van der Waals surface area contributed by atoms with Gasteiger partial charge >= 0.3 is 0 Å². The summed E-state index contributed by atoms with van der Waals surface area (Å²) in [6, 6.07) is 41.6. The topological polar surface area (TPSA) is 40.5 Å². The maximum Gasteiger partial charge on any atom is 0.116 e. The van der Waals surface area contributed by atoms with Crippen LogP contribution in [-0.4, -0.2) is 10.2 Å². The first kappa shape index (κ1) is 19.9. The molecule has 7 rings (SSSR count).